The van der Waals surface area contributed by atoms with Gasteiger partial charge in [0.1, 0.15) is 0 Å². The van der Waals surface area contributed by atoms with Gasteiger partial charge in [0.25, 0.3) is 0 Å². The molecule has 30 heavy (non-hydrogen) atoms. The van der Waals surface area contributed by atoms with Crippen LogP contribution < -0.4 is 5.46 Å². The minimum absolute atomic E-state index is 0.0549. The van der Waals surface area contributed by atoms with Gasteiger partial charge in [0.15, 0.2) is 0 Å². The smallest absolute Gasteiger partial charge is 0.399 e. The van der Waals surface area contributed by atoms with Crippen LogP contribution in [-0.4, -0.2) is 18.3 Å². The van der Waals surface area contributed by atoms with Crippen molar-refractivity contribution in [2.75, 3.05) is 0 Å². The first-order chi connectivity index (χ1) is 14.2. The normalized spacial score (nSPS) is 20.0. The van der Waals surface area contributed by atoms with Crippen molar-refractivity contribution in [1.29, 1.82) is 5.26 Å². The summed E-state index contributed by atoms with van der Waals surface area (Å²) in [6.45, 7) is 12.9. The molecule has 3 nitrogen and oxygen atoms in total. The van der Waals surface area contributed by atoms with E-state index < -0.39 is 0 Å². The van der Waals surface area contributed by atoms with Gasteiger partial charge in [-0.2, -0.15) is 5.26 Å². The lowest BCUT2D eigenvalue weighted by Gasteiger charge is -2.32. The minimum Gasteiger partial charge on any atom is -0.399 e. The van der Waals surface area contributed by atoms with Crippen LogP contribution in [0.25, 0.3) is 11.1 Å². The van der Waals surface area contributed by atoms with Gasteiger partial charge in [-0.3, -0.25) is 0 Å². The summed E-state index contributed by atoms with van der Waals surface area (Å²) in [7, 11) is -0.361. The summed E-state index contributed by atoms with van der Waals surface area (Å²) in [5.41, 5.74) is 6.29. The largest absolute Gasteiger partial charge is 0.494 e. The van der Waals surface area contributed by atoms with E-state index in [1.165, 1.54) is 22.3 Å². The van der Waals surface area contributed by atoms with Gasteiger partial charge in [-0.25, -0.2) is 0 Å². The molecule has 1 fully saturated rings. The highest BCUT2D eigenvalue weighted by Gasteiger charge is 2.52. The summed E-state index contributed by atoms with van der Waals surface area (Å²) >= 11 is 0. The van der Waals surface area contributed by atoms with E-state index in [0.717, 1.165) is 36.7 Å². The maximum atomic E-state index is 9.52. The van der Waals surface area contributed by atoms with Crippen LogP contribution in [-0.2, 0) is 14.7 Å². The molecule has 1 saturated heterocycles. The molecule has 0 aromatic heterocycles. The molecule has 4 heteroatoms. The third-order valence-electron chi connectivity index (χ3n) is 7.39. The molecule has 156 valence electrons. The van der Waals surface area contributed by atoms with Crippen LogP contribution in [0.15, 0.2) is 36.4 Å². The second kappa shape index (κ2) is 7.25. The van der Waals surface area contributed by atoms with E-state index in [9.17, 15) is 5.26 Å². The summed E-state index contributed by atoms with van der Waals surface area (Å²) in [5.74, 6) is 0. The number of nitrogens with zero attached hydrogens (tertiary/aromatic N) is 1. The second-order valence-corrected chi connectivity index (χ2v) is 9.85. The fourth-order valence-electron chi connectivity index (χ4n) is 5.23. The molecule has 2 aromatic carbocycles. The van der Waals surface area contributed by atoms with Gasteiger partial charge in [0.2, 0.25) is 0 Å². The molecule has 0 atom stereocenters. The van der Waals surface area contributed by atoms with Gasteiger partial charge in [-0.15, -0.1) is 0 Å². The number of benzene rings is 2. The predicted molar refractivity (Wildman–Crippen MR) is 123 cm³/mol. The van der Waals surface area contributed by atoms with Crippen molar-refractivity contribution < 1.29 is 9.31 Å². The first-order valence-corrected chi connectivity index (χ1v) is 11.2. The van der Waals surface area contributed by atoms with Crippen molar-refractivity contribution in [3.8, 4) is 17.2 Å². The van der Waals surface area contributed by atoms with E-state index in [-0.39, 0.29) is 23.7 Å². The Kier molecular flexibility index (Phi) is 5.12. The molecule has 2 aromatic rings. The molecular weight excluding hydrogens is 369 g/mol. The van der Waals surface area contributed by atoms with Crippen LogP contribution in [0.4, 0.5) is 0 Å². The van der Waals surface area contributed by atoms with E-state index in [1.54, 1.807) is 0 Å². The van der Waals surface area contributed by atoms with Crippen molar-refractivity contribution in [3.63, 3.8) is 0 Å². The molecule has 0 bridgehead atoms. The Bertz CT molecular complexity index is 996. The Balaban J connectivity index is 1.87. The van der Waals surface area contributed by atoms with Crippen molar-refractivity contribution in [3.05, 3.63) is 53.1 Å². The summed E-state index contributed by atoms with van der Waals surface area (Å²) in [6, 6.07) is 15.2. The lowest BCUT2D eigenvalue weighted by molar-refractivity contribution is 0.00578. The van der Waals surface area contributed by atoms with Crippen LogP contribution in [0.1, 0.15) is 83.9 Å². The molecule has 0 amide bonds. The van der Waals surface area contributed by atoms with E-state index in [4.69, 9.17) is 9.31 Å². The monoisotopic (exact) mass is 401 g/mol. The zero-order valence-corrected chi connectivity index (χ0v) is 19.1. The number of fused-ring (bicyclic) bond motifs is 3. The topological polar surface area (TPSA) is 42.2 Å². The van der Waals surface area contributed by atoms with Gasteiger partial charge in [-0.1, -0.05) is 51.0 Å². The van der Waals surface area contributed by atoms with E-state index in [1.807, 2.05) is 6.07 Å². The number of hydrogen-bond acceptors (Lipinski definition) is 3. The summed E-state index contributed by atoms with van der Waals surface area (Å²) in [6.07, 6.45) is 4.33. The highest BCUT2D eigenvalue weighted by molar-refractivity contribution is 6.62. The molecule has 1 heterocycles. The maximum Gasteiger partial charge on any atom is 0.494 e. The van der Waals surface area contributed by atoms with Crippen molar-refractivity contribution in [2.24, 2.45) is 0 Å². The average molecular weight is 401 g/mol. The summed E-state index contributed by atoms with van der Waals surface area (Å²) in [4.78, 5) is 0. The quantitative estimate of drug-likeness (QED) is 0.602. The predicted octanol–water partition coefficient (Wildman–Crippen LogP) is 5.72. The Hall–Kier alpha value is -2.09. The van der Waals surface area contributed by atoms with Gasteiger partial charge in [0, 0.05) is 5.41 Å². The van der Waals surface area contributed by atoms with Crippen LogP contribution in [0, 0.1) is 11.3 Å². The second-order valence-electron chi connectivity index (χ2n) is 9.85. The Labute approximate surface area is 181 Å². The average Bonchev–Trinajstić information content (AvgIpc) is 3.09. The summed E-state index contributed by atoms with van der Waals surface area (Å²) in [5, 5.41) is 9.52. The number of rotatable bonds is 5. The molecule has 0 saturated carbocycles. The van der Waals surface area contributed by atoms with Crippen LogP contribution in [0.3, 0.4) is 0 Å². The van der Waals surface area contributed by atoms with Gasteiger partial charge in [-0.05, 0) is 80.4 Å². The standard InChI is InChI=1S/C26H32BNO2/c1-7-13-26(14-8-2)22-15-18(17-28)9-11-20(22)21-12-10-19(16-23(21)26)27-29-24(3,4)25(5,6)30-27/h9-12,15-16H,7-8,13-14H2,1-6H3. The molecule has 0 unspecified atom stereocenters. The molecular formula is C26H32BNO2. The zero-order chi connectivity index (χ0) is 21.7. The third kappa shape index (κ3) is 3.03. The highest BCUT2D eigenvalue weighted by atomic mass is 16.7. The van der Waals surface area contributed by atoms with Crippen molar-refractivity contribution in [2.45, 2.75) is 83.8 Å². The van der Waals surface area contributed by atoms with Crippen LogP contribution in [0.5, 0.6) is 0 Å². The van der Waals surface area contributed by atoms with Crippen LogP contribution in [0.2, 0.25) is 0 Å². The maximum absolute atomic E-state index is 9.52. The Morgan fingerprint density at radius 1 is 0.833 bits per heavy atom. The molecule has 0 spiro atoms. The van der Waals surface area contributed by atoms with Crippen molar-refractivity contribution >= 4 is 12.6 Å². The molecule has 0 N–H and O–H groups in total. The number of nitriles is 1. The van der Waals surface area contributed by atoms with Gasteiger partial charge in [0.05, 0.1) is 22.8 Å². The fourth-order valence-corrected chi connectivity index (χ4v) is 5.23. The van der Waals surface area contributed by atoms with E-state index >= 15 is 0 Å². The van der Waals surface area contributed by atoms with Gasteiger partial charge >= 0.3 is 7.12 Å². The SMILES string of the molecule is CCCC1(CCC)c2cc(C#N)ccc2-c2ccc(B3OC(C)(C)C(C)(C)O3)cc21. The summed E-state index contributed by atoms with van der Waals surface area (Å²) < 4.78 is 12.7. The lowest BCUT2D eigenvalue weighted by Crippen LogP contribution is -2.41. The highest BCUT2D eigenvalue weighted by Crippen LogP contribution is 2.53. The van der Waals surface area contributed by atoms with Crippen LogP contribution >= 0.6 is 0 Å². The van der Waals surface area contributed by atoms with Crippen molar-refractivity contribution in [1.82, 2.24) is 0 Å². The first-order valence-electron chi connectivity index (χ1n) is 11.2. The first kappa shape index (κ1) is 21.2. The lowest BCUT2D eigenvalue weighted by atomic mass is 9.69. The fraction of sp³-hybridized carbons (Fsp3) is 0.500. The number of hydrogen-bond donors (Lipinski definition) is 0. The van der Waals surface area contributed by atoms with E-state index in [2.05, 4.69) is 77.9 Å². The zero-order valence-electron chi connectivity index (χ0n) is 19.1. The molecule has 4 rings (SSSR count). The van der Waals surface area contributed by atoms with E-state index in [0.29, 0.717) is 0 Å². The molecule has 0 radical (unpaired) electrons. The molecule has 1 aliphatic heterocycles. The Morgan fingerprint density at radius 2 is 1.37 bits per heavy atom. The molecule has 2 aliphatic rings. The van der Waals surface area contributed by atoms with Gasteiger partial charge < -0.3 is 9.31 Å². The third-order valence-corrected chi connectivity index (χ3v) is 7.39. The Morgan fingerprint density at radius 3 is 1.90 bits per heavy atom. The molecule has 1 aliphatic carbocycles. The minimum atomic E-state index is -0.361.